The van der Waals surface area contributed by atoms with Crippen molar-refractivity contribution in [2.24, 2.45) is 5.92 Å². The van der Waals surface area contributed by atoms with Crippen molar-refractivity contribution in [2.75, 3.05) is 32.6 Å². The van der Waals surface area contributed by atoms with Gasteiger partial charge in [0.05, 0.1) is 19.0 Å². The van der Waals surface area contributed by atoms with Gasteiger partial charge in [0.15, 0.2) is 5.75 Å². The Morgan fingerprint density at radius 2 is 2.19 bits per heavy atom. The quantitative estimate of drug-likeness (QED) is 0.770. The molecule has 0 spiro atoms. The van der Waals surface area contributed by atoms with Crippen molar-refractivity contribution in [3.8, 4) is 5.75 Å². The average Bonchev–Trinajstić information content (AvgIpc) is 2.27. The summed E-state index contributed by atoms with van der Waals surface area (Å²) in [6, 6.07) is 2.00. The summed E-state index contributed by atoms with van der Waals surface area (Å²) in [5.41, 5.74) is 2.00. The Kier molecular flexibility index (Phi) is 5.05. The SMILES string of the molecule is CNCC(C)CNc1cc(C)ncc1OC. The van der Waals surface area contributed by atoms with Crippen LogP contribution in [-0.2, 0) is 0 Å². The van der Waals surface area contributed by atoms with Gasteiger partial charge in [-0.25, -0.2) is 0 Å². The van der Waals surface area contributed by atoms with Gasteiger partial charge in [-0.2, -0.15) is 0 Å². The summed E-state index contributed by atoms with van der Waals surface area (Å²) >= 11 is 0. The highest BCUT2D eigenvalue weighted by molar-refractivity contribution is 5.55. The minimum atomic E-state index is 0.572. The van der Waals surface area contributed by atoms with Gasteiger partial charge in [-0.15, -0.1) is 0 Å². The van der Waals surface area contributed by atoms with Gasteiger partial charge in [0.2, 0.25) is 0 Å². The number of pyridine rings is 1. The molecule has 1 atom stereocenters. The normalized spacial score (nSPS) is 12.2. The fraction of sp³-hybridized carbons (Fsp3) is 0.583. The Morgan fingerprint density at radius 3 is 2.81 bits per heavy atom. The lowest BCUT2D eigenvalue weighted by molar-refractivity contribution is 0.414. The summed E-state index contributed by atoms with van der Waals surface area (Å²) in [5.74, 6) is 1.37. The standard InChI is InChI=1S/C12H21N3O/c1-9(6-13-3)7-15-11-5-10(2)14-8-12(11)16-4/h5,8-9,13H,6-7H2,1-4H3,(H,14,15). The van der Waals surface area contributed by atoms with Gasteiger partial charge in [0.25, 0.3) is 0 Å². The first-order valence-electron chi connectivity index (χ1n) is 5.56. The van der Waals surface area contributed by atoms with Crippen LogP contribution in [-0.4, -0.2) is 32.2 Å². The smallest absolute Gasteiger partial charge is 0.160 e. The number of aromatic nitrogens is 1. The molecule has 0 amide bonds. The molecule has 0 saturated carbocycles. The molecular formula is C12H21N3O. The third-order valence-electron chi connectivity index (χ3n) is 2.42. The van der Waals surface area contributed by atoms with Crippen LogP contribution < -0.4 is 15.4 Å². The molecule has 0 fully saturated rings. The Hall–Kier alpha value is -1.29. The number of aryl methyl sites for hydroxylation is 1. The maximum Gasteiger partial charge on any atom is 0.160 e. The van der Waals surface area contributed by atoms with E-state index in [0.717, 1.165) is 30.2 Å². The molecule has 0 saturated heterocycles. The zero-order valence-corrected chi connectivity index (χ0v) is 10.5. The highest BCUT2D eigenvalue weighted by atomic mass is 16.5. The first-order valence-corrected chi connectivity index (χ1v) is 5.56. The van der Waals surface area contributed by atoms with Crippen molar-refractivity contribution in [1.29, 1.82) is 0 Å². The molecule has 1 unspecified atom stereocenters. The third kappa shape index (κ3) is 3.70. The topological polar surface area (TPSA) is 46.2 Å². The lowest BCUT2D eigenvalue weighted by Crippen LogP contribution is -2.23. The van der Waals surface area contributed by atoms with Gasteiger partial charge in [-0.3, -0.25) is 4.98 Å². The predicted octanol–water partition coefficient (Wildman–Crippen LogP) is 1.67. The summed E-state index contributed by atoms with van der Waals surface area (Å²) in [4.78, 5) is 4.20. The zero-order valence-electron chi connectivity index (χ0n) is 10.5. The molecule has 4 nitrogen and oxygen atoms in total. The Labute approximate surface area is 97.4 Å². The van der Waals surface area contributed by atoms with Crippen LogP contribution in [0.4, 0.5) is 5.69 Å². The molecule has 0 radical (unpaired) electrons. The molecule has 0 aromatic carbocycles. The number of anilines is 1. The van der Waals surface area contributed by atoms with Crippen molar-refractivity contribution in [3.05, 3.63) is 18.0 Å². The number of hydrogen-bond donors (Lipinski definition) is 2. The summed E-state index contributed by atoms with van der Waals surface area (Å²) in [6.45, 7) is 6.09. The van der Waals surface area contributed by atoms with Crippen molar-refractivity contribution in [2.45, 2.75) is 13.8 Å². The van der Waals surface area contributed by atoms with Crippen molar-refractivity contribution >= 4 is 5.69 Å². The number of rotatable bonds is 6. The minimum Gasteiger partial charge on any atom is -0.493 e. The van der Waals surface area contributed by atoms with Crippen LogP contribution in [0.3, 0.4) is 0 Å². The average molecular weight is 223 g/mol. The fourth-order valence-electron chi connectivity index (χ4n) is 1.55. The largest absolute Gasteiger partial charge is 0.493 e. The summed E-state index contributed by atoms with van der Waals surface area (Å²) in [5, 5.41) is 6.54. The summed E-state index contributed by atoms with van der Waals surface area (Å²) in [6.07, 6.45) is 1.75. The molecule has 1 aromatic rings. The Morgan fingerprint density at radius 1 is 1.44 bits per heavy atom. The second kappa shape index (κ2) is 6.33. The van der Waals surface area contributed by atoms with Crippen LogP contribution in [0.5, 0.6) is 5.75 Å². The summed E-state index contributed by atoms with van der Waals surface area (Å²) < 4.78 is 5.25. The minimum absolute atomic E-state index is 0.572. The molecule has 1 heterocycles. The number of hydrogen-bond acceptors (Lipinski definition) is 4. The van der Waals surface area contributed by atoms with Crippen LogP contribution in [0.25, 0.3) is 0 Å². The first-order chi connectivity index (χ1) is 7.67. The van der Waals surface area contributed by atoms with Crippen LogP contribution in [0.15, 0.2) is 12.3 Å². The monoisotopic (exact) mass is 223 g/mol. The van der Waals surface area contributed by atoms with Crippen LogP contribution in [0.1, 0.15) is 12.6 Å². The van der Waals surface area contributed by atoms with E-state index in [4.69, 9.17) is 4.74 Å². The molecule has 0 aliphatic carbocycles. The van der Waals surface area contributed by atoms with Gasteiger partial charge in [-0.05, 0) is 32.5 Å². The number of ether oxygens (including phenoxy) is 1. The van der Waals surface area contributed by atoms with E-state index >= 15 is 0 Å². The molecule has 16 heavy (non-hydrogen) atoms. The number of nitrogens with one attached hydrogen (secondary N) is 2. The fourth-order valence-corrected chi connectivity index (χ4v) is 1.55. The van der Waals surface area contributed by atoms with E-state index in [0.29, 0.717) is 5.92 Å². The second-order valence-corrected chi connectivity index (χ2v) is 4.07. The highest BCUT2D eigenvalue weighted by Gasteiger charge is 2.05. The van der Waals surface area contributed by atoms with Gasteiger partial charge in [0.1, 0.15) is 0 Å². The molecule has 4 heteroatoms. The van der Waals surface area contributed by atoms with Crippen LogP contribution in [0.2, 0.25) is 0 Å². The zero-order chi connectivity index (χ0) is 12.0. The van der Waals surface area contributed by atoms with E-state index in [1.807, 2.05) is 20.0 Å². The predicted molar refractivity (Wildman–Crippen MR) is 67.1 cm³/mol. The lowest BCUT2D eigenvalue weighted by Gasteiger charge is -2.15. The Balaban J connectivity index is 2.61. The molecule has 0 bridgehead atoms. The highest BCUT2D eigenvalue weighted by Crippen LogP contribution is 2.23. The molecule has 0 aliphatic heterocycles. The van der Waals surface area contributed by atoms with E-state index in [1.165, 1.54) is 0 Å². The molecular weight excluding hydrogens is 202 g/mol. The van der Waals surface area contributed by atoms with Gasteiger partial charge in [-0.1, -0.05) is 6.92 Å². The molecule has 2 N–H and O–H groups in total. The van der Waals surface area contributed by atoms with E-state index < -0.39 is 0 Å². The Bertz CT molecular complexity index is 328. The van der Waals surface area contributed by atoms with Crippen molar-refractivity contribution < 1.29 is 4.74 Å². The maximum atomic E-state index is 5.25. The maximum absolute atomic E-state index is 5.25. The van der Waals surface area contributed by atoms with Crippen LogP contribution >= 0.6 is 0 Å². The van der Waals surface area contributed by atoms with E-state index in [2.05, 4.69) is 22.5 Å². The van der Waals surface area contributed by atoms with E-state index in [9.17, 15) is 0 Å². The number of nitrogens with zero attached hydrogens (tertiary/aromatic N) is 1. The van der Waals surface area contributed by atoms with Crippen molar-refractivity contribution in [1.82, 2.24) is 10.3 Å². The van der Waals surface area contributed by atoms with E-state index in [-0.39, 0.29) is 0 Å². The first kappa shape index (κ1) is 12.8. The third-order valence-corrected chi connectivity index (χ3v) is 2.42. The molecule has 1 rings (SSSR count). The summed E-state index contributed by atoms with van der Waals surface area (Å²) in [7, 11) is 3.63. The lowest BCUT2D eigenvalue weighted by atomic mass is 10.2. The van der Waals surface area contributed by atoms with Crippen molar-refractivity contribution in [3.63, 3.8) is 0 Å². The number of methoxy groups -OCH3 is 1. The van der Waals surface area contributed by atoms with Gasteiger partial charge in [0, 0.05) is 12.2 Å². The molecule has 90 valence electrons. The second-order valence-electron chi connectivity index (χ2n) is 4.07. The van der Waals surface area contributed by atoms with Gasteiger partial charge >= 0.3 is 0 Å². The van der Waals surface area contributed by atoms with Gasteiger partial charge < -0.3 is 15.4 Å². The van der Waals surface area contributed by atoms with E-state index in [1.54, 1.807) is 13.3 Å². The molecule has 0 aliphatic rings. The van der Waals surface area contributed by atoms with Crippen LogP contribution in [0, 0.1) is 12.8 Å². The molecule has 1 aromatic heterocycles.